The summed E-state index contributed by atoms with van der Waals surface area (Å²) >= 11 is 0. The molecule has 2 aromatic rings. The van der Waals surface area contributed by atoms with Gasteiger partial charge in [0.1, 0.15) is 11.6 Å². The molecule has 3 nitrogen and oxygen atoms in total. The number of unbranched alkanes of at least 4 members (excludes halogenated alkanes) is 1. The average Bonchev–Trinajstić information content (AvgIpc) is 2.73. The predicted octanol–water partition coefficient (Wildman–Crippen LogP) is 5.47. The second-order valence-corrected chi connectivity index (χ2v) is 8.56. The molecule has 1 fully saturated rings. The summed E-state index contributed by atoms with van der Waals surface area (Å²) in [6.07, 6.45) is 9.72. The van der Waals surface area contributed by atoms with Gasteiger partial charge >= 0.3 is 0 Å². The van der Waals surface area contributed by atoms with Gasteiger partial charge in [0.2, 0.25) is 0 Å². The zero-order valence-corrected chi connectivity index (χ0v) is 17.8. The van der Waals surface area contributed by atoms with Gasteiger partial charge in [-0.3, -0.25) is 4.90 Å². The SMILES string of the molecule is CCCCN1CCN(c2cc(-c3ccc(F)cc3)c3c(n2)CCCCCC3)CC1. The van der Waals surface area contributed by atoms with Crippen molar-refractivity contribution in [3.05, 3.63) is 47.4 Å². The highest BCUT2D eigenvalue weighted by Crippen LogP contribution is 2.33. The van der Waals surface area contributed by atoms with Crippen molar-refractivity contribution in [1.29, 1.82) is 0 Å². The molecule has 1 aliphatic heterocycles. The summed E-state index contributed by atoms with van der Waals surface area (Å²) in [5.74, 6) is 0.938. The number of nitrogens with zero attached hydrogens (tertiary/aromatic N) is 3. The Bertz CT molecular complexity index is 794. The molecule has 1 saturated heterocycles. The van der Waals surface area contributed by atoms with Gasteiger partial charge < -0.3 is 4.90 Å². The number of piperazine rings is 1. The van der Waals surface area contributed by atoms with E-state index in [0.717, 1.165) is 50.4 Å². The first-order chi connectivity index (χ1) is 14.2. The van der Waals surface area contributed by atoms with E-state index in [-0.39, 0.29) is 5.82 Å². The van der Waals surface area contributed by atoms with Gasteiger partial charge in [-0.2, -0.15) is 0 Å². The van der Waals surface area contributed by atoms with Gasteiger partial charge in [0.15, 0.2) is 0 Å². The van der Waals surface area contributed by atoms with E-state index in [1.54, 1.807) is 12.1 Å². The molecule has 0 spiro atoms. The van der Waals surface area contributed by atoms with Crippen LogP contribution in [0.4, 0.5) is 10.2 Å². The quantitative estimate of drug-likeness (QED) is 0.669. The molecule has 1 aromatic heterocycles. The summed E-state index contributed by atoms with van der Waals surface area (Å²) in [5, 5.41) is 0. The Morgan fingerprint density at radius 3 is 2.38 bits per heavy atom. The van der Waals surface area contributed by atoms with Crippen LogP contribution < -0.4 is 4.90 Å². The van der Waals surface area contributed by atoms with Gasteiger partial charge in [-0.25, -0.2) is 9.37 Å². The van der Waals surface area contributed by atoms with Gasteiger partial charge in [-0.05, 0) is 73.5 Å². The molecule has 1 aliphatic carbocycles. The Balaban J connectivity index is 1.63. The van der Waals surface area contributed by atoms with E-state index in [1.807, 2.05) is 12.1 Å². The zero-order valence-electron chi connectivity index (χ0n) is 17.8. The fourth-order valence-electron chi connectivity index (χ4n) is 4.67. The van der Waals surface area contributed by atoms with Crippen LogP contribution in [0.15, 0.2) is 30.3 Å². The number of halogens is 1. The van der Waals surface area contributed by atoms with Crippen molar-refractivity contribution in [3.63, 3.8) is 0 Å². The summed E-state index contributed by atoms with van der Waals surface area (Å²) in [7, 11) is 0. The van der Waals surface area contributed by atoms with Gasteiger partial charge in [0.05, 0.1) is 0 Å². The molecule has 156 valence electrons. The maximum atomic E-state index is 13.5. The Morgan fingerprint density at radius 2 is 1.66 bits per heavy atom. The molecule has 4 rings (SSSR count). The summed E-state index contributed by atoms with van der Waals surface area (Å²) in [5.41, 5.74) is 5.05. The molecule has 0 atom stereocenters. The number of aryl methyl sites for hydroxylation is 1. The van der Waals surface area contributed by atoms with E-state index in [4.69, 9.17) is 4.98 Å². The van der Waals surface area contributed by atoms with Gasteiger partial charge in [0, 0.05) is 31.9 Å². The summed E-state index contributed by atoms with van der Waals surface area (Å²) < 4.78 is 13.5. The fourth-order valence-corrected chi connectivity index (χ4v) is 4.67. The Morgan fingerprint density at radius 1 is 0.931 bits per heavy atom. The molecule has 0 N–H and O–H groups in total. The number of hydrogen-bond acceptors (Lipinski definition) is 3. The van der Waals surface area contributed by atoms with Crippen molar-refractivity contribution < 1.29 is 4.39 Å². The molecule has 1 aromatic carbocycles. The Hall–Kier alpha value is -1.94. The van der Waals surface area contributed by atoms with E-state index < -0.39 is 0 Å². The van der Waals surface area contributed by atoms with Crippen LogP contribution in [0.5, 0.6) is 0 Å². The maximum absolute atomic E-state index is 13.5. The normalized spacial score (nSPS) is 18.2. The third-order valence-electron chi connectivity index (χ3n) is 6.47. The van der Waals surface area contributed by atoms with Crippen LogP contribution >= 0.6 is 0 Å². The van der Waals surface area contributed by atoms with Crippen molar-refractivity contribution >= 4 is 5.82 Å². The molecule has 0 unspecified atom stereocenters. The van der Waals surface area contributed by atoms with Crippen molar-refractivity contribution in [1.82, 2.24) is 9.88 Å². The second-order valence-electron chi connectivity index (χ2n) is 8.56. The topological polar surface area (TPSA) is 19.4 Å². The highest BCUT2D eigenvalue weighted by Gasteiger charge is 2.21. The molecular formula is C25H34FN3. The van der Waals surface area contributed by atoms with Gasteiger partial charge in [0.25, 0.3) is 0 Å². The molecule has 2 aliphatic rings. The number of benzene rings is 1. The minimum atomic E-state index is -0.172. The second kappa shape index (κ2) is 9.71. The van der Waals surface area contributed by atoms with Gasteiger partial charge in [-0.15, -0.1) is 0 Å². The first-order valence-corrected chi connectivity index (χ1v) is 11.5. The number of hydrogen-bond donors (Lipinski definition) is 0. The molecule has 2 heterocycles. The van der Waals surface area contributed by atoms with E-state index >= 15 is 0 Å². The van der Waals surface area contributed by atoms with Crippen LogP contribution in [0.3, 0.4) is 0 Å². The lowest BCUT2D eigenvalue weighted by Crippen LogP contribution is -2.47. The highest BCUT2D eigenvalue weighted by molar-refractivity contribution is 5.72. The van der Waals surface area contributed by atoms with Crippen LogP contribution in [-0.4, -0.2) is 42.6 Å². The lowest BCUT2D eigenvalue weighted by Gasteiger charge is -2.36. The molecule has 0 saturated carbocycles. The molecule has 29 heavy (non-hydrogen) atoms. The summed E-state index contributed by atoms with van der Waals surface area (Å²) in [6, 6.07) is 9.29. The standard InChI is InChI=1S/C25H34FN3/c1-2-3-14-28-15-17-29(18-16-28)25-19-23(20-10-12-21(26)13-11-20)22-8-6-4-5-7-9-24(22)27-25/h10-13,19H,2-9,14-18H2,1H3. The zero-order chi connectivity index (χ0) is 20.1. The first kappa shape index (κ1) is 20.3. The van der Waals surface area contributed by atoms with Crippen LogP contribution in [0.1, 0.15) is 56.7 Å². The third kappa shape index (κ3) is 4.98. The number of aromatic nitrogens is 1. The number of pyridine rings is 1. The molecule has 0 radical (unpaired) electrons. The lowest BCUT2D eigenvalue weighted by molar-refractivity contribution is 0.253. The van der Waals surface area contributed by atoms with E-state index in [1.165, 1.54) is 61.9 Å². The van der Waals surface area contributed by atoms with Crippen molar-refractivity contribution in [2.75, 3.05) is 37.6 Å². The fraction of sp³-hybridized carbons (Fsp3) is 0.560. The molecule has 0 amide bonds. The largest absolute Gasteiger partial charge is 0.354 e. The molecular weight excluding hydrogens is 361 g/mol. The van der Waals surface area contributed by atoms with E-state index in [9.17, 15) is 4.39 Å². The van der Waals surface area contributed by atoms with Crippen LogP contribution in [-0.2, 0) is 12.8 Å². The minimum absolute atomic E-state index is 0.172. The highest BCUT2D eigenvalue weighted by atomic mass is 19.1. The summed E-state index contributed by atoms with van der Waals surface area (Å²) in [6.45, 7) is 7.78. The average molecular weight is 396 g/mol. The number of anilines is 1. The van der Waals surface area contributed by atoms with Crippen molar-refractivity contribution in [2.45, 2.75) is 58.3 Å². The van der Waals surface area contributed by atoms with E-state index in [0.29, 0.717) is 0 Å². The van der Waals surface area contributed by atoms with Crippen molar-refractivity contribution in [3.8, 4) is 11.1 Å². The third-order valence-corrected chi connectivity index (χ3v) is 6.47. The number of fused-ring (bicyclic) bond motifs is 1. The van der Waals surface area contributed by atoms with E-state index in [2.05, 4.69) is 22.8 Å². The van der Waals surface area contributed by atoms with Crippen molar-refractivity contribution in [2.24, 2.45) is 0 Å². The number of rotatable bonds is 5. The Labute approximate surface area is 174 Å². The molecule has 0 bridgehead atoms. The molecule has 4 heteroatoms. The van der Waals surface area contributed by atoms with Gasteiger partial charge in [-0.1, -0.05) is 38.3 Å². The predicted molar refractivity (Wildman–Crippen MR) is 119 cm³/mol. The lowest BCUT2D eigenvalue weighted by atomic mass is 9.90. The van der Waals surface area contributed by atoms with Crippen LogP contribution in [0.2, 0.25) is 0 Å². The maximum Gasteiger partial charge on any atom is 0.129 e. The minimum Gasteiger partial charge on any atom is -0.354 e. The smallest absolute Gasteiger partial charge is 0.129 e. The summed E-state index contributed by atoms with van der Waals surface area (Å²) in [4.78, 5) is 10.2. The monoisotopic (exact) mass is 395 g/mol. The Kier molecular flexibility index (Phi) is 6.81. The first-order valence-electron chi connectivity index (χ1n) is 11.5. The van der Waals surface area contributed by atoms with Crippen LogP contribution in [0, 0.1) is 5.82 Å². The van der Waals surface area contributed by atoms with Crippen LogP contribution in [0.25, 0.3) is 11.1 Å².